The molecule has 2 N–H and O–H groups in total. The Hall–Kier alpha value is -2.93. The average Bonchev–Trinajstić information content (AvgIpc) is 3.65. The average molecular weight is 565 g/mol. The van der Waals surface area contributed by atoms with Crippen molar-refractivity contribution in [1.29, 1.82) is 0 Å². The summed E-state index contributed by atoms with van der Waals surface area (Å²) in [5, 5.41) is 4.29. The van der Waals surface area contributed by atoms with Crippen molar-refractivity contribution >= 4 is 39.9 Å². The predicted octanol–water partition coefficient (Wildman–Crippen LogP) is 3.53. The number of aromatic nitrogens is 4. The Labute approximate surface area is 230 Å². The third-order valence-electron chi connectivity index (χ3n) is 6.33. The molecule has 4 rings (SSSR count). The van der Waals surface area contributed by atoms with Gasteiger partial charge in [0.2, 0.25) is 0 Å². The van der Waals surface area contributed by atoms with Gasteiger partial charge in [-0.1, -0.05) is 29.9 Å². The van der Waals surface area contributed by atoms with Crippen LogP contribution in [0.1, 0.15) is 45.6 Å². The molecule has 0 aliphatic carbocycles. The molecule has 0 bridgehead atoms. The van der Waals surface area contributed by atoms with Crippen molar-refractivity contribution in [3.63, 3.8) is 0 Å². The first-order chi connectivity index (χ1) is 18.4. The summed E-state index contributed by atoms with van der Waals surface area (Å²) in [6.45, 7) is 6.61. The fourth-order valence-electron chi connectivity index (χ4n) is 4.32. The smallest absolute Gasteiger partial charge is 0.350 e. The molecule has 0 spiro atoms. The first-order valence-electron chi connectivity index (χ1n) is 12.5. The fourth-order valence-corrected chi connectivity index (χ4v) is 5.49. The van der Waals surface area contributed by atoms with E-state index in [9.17, 15) is 9.59 Å². The molecular formula is C25H33ClN6O5S. The summed E-state index contributed by atoms with van der Waals surface area (Å²) in [5.41, 5.74) is 1.63. The molecule has 0 radical (unpaired) electrons. The number of aromatic amines is 1. The number of ether oxygens (including phenoxy) is 3. The Balaban J connectivity index is 1.56. The van der Waals surface area contributed by atoms with E-state index < -0.39 is 5.97 Å². The van der Waals surface area contributed by atoms with E-state index in [-0.39, 0.29) is 18.1 Å². The van der Waals surface area contributed by atoms with E-state index in [1.807, 2.05) is 24.6 Å². The number of thiazole rings is 1. The van der Waals surface area contributed by atoms with Crippen LogP contribution >= 0.6 is 22.9 Å². The van der Waals surface area contributed by atoms with Gasteiger partial charge in [-0.05, 0) is 25.8 Å². The molecule has 0 unspecified atom stereocenters. The van der Waals surface area contributed by atoms with Crippen molar-refractivity contribution in [2.75, 3.05) is 45.4 Å². The molecule has 1 fully saturated rings. The molecule has 0 aromatic carbocycles. The Morgan fingerprint density at radius 3 is 2.82 bits per heavy atom. The molecule has 1 aliphatic heterocycles. The molecule has 1 aliphatic rings. The highest BCUT2D eigenvalue weighted by atomic mass is 35.5. The van der Waals surface area contributed by atoms with Gasteiger partial charge in [0.15, 0.2) is 11.0 Å². The van der Waals surface area contributed by atoms with E-state index in [0.29, 0.717) is 71.5 Å². The van der Waals surface area contributed by atoms with Gasteiger partial charge < -0.3 is 34.0 Å². The van der Waals surface area contributed by atoms with Gasteiger partial charge in [0.1, 0.15) is 16.3 Å². The van der Waals surface area contributed by atoms with Crippen LogP contribution in [0.5, 0.6) is 0 Å². The van der Waals surface area contributed by atoms with Gasteiger partial charge in [-0.2, -0.15) is 0 Å². The highest BCUT2D eigenvalue weighted by molar-refractivity contribution is 7.17. The van der Waals surface area contributed by atoms with Gasteiger partial charge in [0.25, 0.3) is 5.91 Å². The lowest BCUT2D eigenvalue weighted by Gasteiger charge is -2.38. The van der Waals surface area contributed by atoms with Gasteiger partial charge in [-0.25, -0.2) is 14.8 Å². The zero-order valence-corrected chi connectivity index (χ0v) is 23.5. The maximum Gasteiger partial charge on any atom is 0.350 e. The second-order valence-corrected chi connectivity index (χ2v) is 10.4. The number of nitrogens with zero attached hydrogens (tertiary/aromatic N) is 4. The number of imidazole rings is 1. The number of hydrogen-bond acceptors (Lipinski definition) is 9. The molecular weight excluding hydrogens is 532 g/mol. The number of anilines is 1. The third kappa shape index (κ3) is 6.20. The predicted molar refractivity (Wildman–Crippen MR) is 145 cm³/mol. The summed E-state index contributed by atoms with van der Waals surface area (Å²) in [7, 11) is 2.99. The second kappa shape index (κ2) is 12.7. The maximum atomic E-state index is 12.9. The molecule has 13 heteroatoms. The number of H-pyrrole nitrogens is 1. The lowest BCUT2D eigenvalue weighted by atomic mass is 10.0. The van der Waals surface area contributed by atoms with Crippen LogP contribution in [0, 0.1) is 6.92 Å². The van der Waals surface area contributed by atoms with Crippen molar-refractivity contribution in [3.05, 3.63) is 39.7 Å². The molecule has 1 amide bonds. The van der Waals surface area contributed by atoms with Gasteiger partial charge in [0, 0.05) is 51.4 Å². The molecule has 4 heterocycles. The third-order valence-corrected chi connectivity index (χ3v) is 7.82. The van der Waals surface area contributed by atoms with Crippen molar-refractivity contribution < 1.29 is 23.8 Å². The number of carbonyl (C=O) groups is 2. The van der Waals surface area contributed by atoms with Crippen LogP contribution in [-0.2, 0) is 20.8 Å². The normalized spacial score (nSPS) is 17.6. The highest BCUT2D eigenvalue weighted by Gasteiger charge is 2.34. The van der Waals surface area contributed by atoms with Crippen LogP contribution in [0.15, 0.2) is 18.5 Å². The van der Waals surface area contributed by atoms with E-state index in [0.717, 1.165) is 12.1 Å². The largest absolute Gasteiger partial charge is 0.465 e. The fraction of sp³-hybridized carbons (Fsp3) is 0.520. The Morgan fingerprint density at radius 1 is 1.32 bits per heavy atom. The second-order valence-electron chi connectivity index (χ2n) is 8.98. The minimum atomic E-state index is -0.467. The number of rotatable bonds is 11. The minimum Gasteiger partial charge on any atom is -0.465 e. The highest BCUT2D eigenvalue weighted by Crippen LogP contribution is 2.35. The van der Waals surface area contributed by atoms with E-state index in [1.54, 1.807) is 19.4 Å². The van der Waals surface area contributed by atoms with Crippen LogP contribution in [0.4, 0.5) is 5.13 Å². The molecule has 38 heavy (non-hydrogen) atoms. The lowest BCUT2D eigenvalue weighted by molar-refractivity contribution is 0.0205. The van der Waals surface area contributed by atoms with E-state index >= 15 is 0 Å². The minimum absolute atomic E-state index is 0.194. The summed E-state index contributed by atoms with van der Waals surface area (Å²) >= 11 is 7.39. The monoisotopic (exact) mass is 564 g/mol. The number of hydrogen-bond donors (Lipinski definition) is 2. The van der Waals surface area contributed by atoms with Crippen LogP contribution in [-0.4, -0.2) is 84.1 Å². The zero-order valence-electron chi connectivity index (χ0n) is 22.0. The summed E-state index contributed by atoms with van der Waals surface area (Å²) < 4.78 is 18.3. The van der Waals surface area contributed by atoms with E-state index in [4.69, 9.17) is 30.8 Å². The Bertz CT molecular complexity index is 1240. The SMILES string of the molecule is CCCO[C@H]1CN(c2nc(-c3nccn3CCOC)c(C(=O)OC)s2)CC[C@H]1NC(=O)c1cc(Cl)c(C)[nH]1. The van der Waals surface area contributed by atoms with Crippen LogP contribution in [0.2, 0.25) is 5.02 Å². The van der Waals surface area contributed by atoms with Gasteiger partial charge in [-0.3, -0.25) is 4.79 Å². The number of carbonyl (C=O) groups excluding carboxylic acids is 2. The molecule has 2 atom stereocenters. The van der Waals surface area contributed by atoms with Gasteiger partial charge >= 0.3 is 5.97 Å². The lowest BCUT2D eigenvalue weighted by Crippen LogP contribution is -2.55. The number of nitrogens with one attached hydrogen (secondary N) is 2. The van der Waals surface area contributed by atoms with Gasteiger partial charge in [0.05, 0.1) is 30.9 Å². The Morgan fingerprint density at radius 2 is 2.13 bits per heavy atom. The maximum absolute atomic E-state index is 12.9. The summed E-state index contributed by atoms with van der Waals surface area (Å²) in [4.78, 5) is 40.3. The molecule has 0 saturated carbocycles. The standard InChI is InChI=1S/C25H33ClN6O5S/c1-5-11-37-19-14-32(8-6-17(19)29-23(33)18-13-16(26)15(2)28-18)25-30-20(21(38-25)24(34)36-4)22-27-7-9-31(22)10-12-35-3/h7,9,13,17,19,28H,5-6,8,10-12,14H2,1-4H3,(H,29,33)/t17-,19+/m1/s1. The Kier molecular flexibility index (Phi) is 9.42. The first kappa shape index (κ1) is 28.1. The van der Waals surface area contributed by atoms with Crippen LogP contribution in [0.3, 0.4) is 0 Å². The number of halogens is 1. The summed E-state index contributed by atoms with van der Waals surface area (Å²) in [6, 6.07) is 1.44. The molecule has 3 aromatic rings. The van der Waals surface area contributed by atoms with Crippen molar-refractivity contribution in [2.45, 2.75) is 45.4 Å². The topological polar surface area (TPSA) is 124 Å². The van der Waals surface area contributed by atoms with E-state index in [2.05, 4.69) is 20.2 Å². The quantitative estimate of drug-likeness (QED) is 0.339. The van der Waals surface area contributed by atoms with Crippen molar-refractivity contribution in [3.8, 4) is 11.5 Å². The van der Waals surface area contributed by atoms with Crippen LogP contribution in [0.25, 0.3) is 11.5 Å². The number of esters is 1. The van der Waals surface area contributed by atoms with E-state index in [1.165, 1.54) is 18.4 Å². The van der Waals surface area contributed by atoms with Gasteiger partial charge in [-0.15, -0.1) is 0 Å². The number of methoxy groups -OCH3 is 2. The summed E-state index contributed by atoms with van der Waals surface area (Å²) in [6.07, 6.45) is 4.72. The molecule has 206 valence electrons. The zero-order chi connectivity index (χ0) is 27.2. The number of amides is 1. The summed E-state index contributed by atoms with van der Waals surface area (Å²) in [5.74, 6) is -0.118. The molecule has 3 aromatic heterocycles. The van der Waals surface area contributed by atoms with Crippen LogP contribution < -0.4 is 10.2 Å². The number of aryl methyl sites for hydroxylation is 1. The van der Waals surface area contributed by atoms with Crippen molar-refractivity contribution in [1.82, 2.24) is 24.8 Å². The first-order valence-corrected chi connectivity index (χ1v) is 13.7. The number of piperidine rings is 1. The van der Waals surface area contributed by atoms with Crippen molar-refractivity contribution in [2.24, 2.45) is 0 Å². The molecule has 1 saturated heterocycles. The molecule has 11 nitrogen and oxygen atoms in total.